The molecule has 2 fully saturated rings. The summed E-state index contributed by atoms with van der Waals surface area (Å²) < 4.78 is 7.69. The number of hydrogen-bond donors (Lipinski definition) is 0. The van der Waals surface area contributed by atoms with Gasteiger partial charge in [0.25, 0.3) is 0 Å². The van der Waals surface area contributed by atoms with Crippen molar-refractivity contribution in [2.75, 3.05) is 38.2 Å². The molecule has 28 heavy (non-hydrogen) atoms. The average Bonchev–Trinajstić information content (AvgIpc) is 3.40. The molecule has 7 heteroatoms. The lowest BCUT2D eigenvalue weighted by atomic mass is 10.00. The Labute approximate surface area is 167 Å². The third kappa shape index (κ3) is 3.72. The molecular formula is C21H32N6O. The molecule has 2 aromatic rings. The van der Waals surface area contributed by atoms with Crippen LogP contribution in [0.4, 0.5) is 5.69 Å². The summed E-state index contributed by atoms with van der Waals surface area (Å²) in [5.74, 6) is 2.46. The Morgan fingerprint density at radius 3 is 2.43 bits per heavy atom. The molecule has 1 atom stereocenters. The molecule has 1 saturated carbocycles. The lowest BCUT2D eigenvalue weighted by Crippen LogP contribution is -2.49. The number of piperazine rings is 1. The van der Waals surface area contributed by atoms with Gasteiger partial charge in [0.15, 0.2) is 5.82 Å². The third-order valence-corrected chi connectivity index (χ3v) is 6.22. The Morgan fingerprint density at radius 1 is 1.04 bits per heavy atom. The zero-order chi connectivity index (χ0) is 19.5. The van der Waals surface area contributed by atoms with Crippen LogP contribution in [0.1, 0.15) is 57.4 Å². The molecule has 7 nitrogen and oxygen atoms in total. The molecule has 2 heterocycles. The molecule has 0 bridgehead atoms. The molecule has 0 N–H and O–H groups in total. The number of aromatic nitrogens is 4. The molecule has 152 valence electrons. The summed E-state index contributed by atoms with van der Waals surface area (Å²) in [7, 11) is 1.74. The molecule has 1 unspecified atom stereocenters. The minimum Gasteiger partial charge on any atom is -0.495 e. The predicted molar refractivity (Wildman–Crippen MR) is 110 cm³/mol. The molecule has 0 amide bonds. The minimum absolute atomic E-state index is 0.260. The van der Waals surface area contributed by atoms with E-state index in [0.717, 1.165) is 37.8 Å². The van der Waals surface area contributed by atoms with Crippen molar-refractivity contribution in [3.05, 3.63) is 30.1 Å². The van der Waals surface area contributed by atoms with E-state index in [2.05, 4.69) is 56.0 Å². The molecule has 1 aromatic carbocycles. The number of anilines is 1. The van der Waals surface area contributed by atoms with Gasteiger partial charge in [0.1, 0.15) is 5.75 Å². The van der Waals surface area contributed by atoms with Crippen molar-refractivity contribution in [3.8, 4) is 5.75 Å². The van der Waals surface area contributed by atoms with Crippen LogP contribution in [0.5, 0.6) is 5.75 Å². The number of benzene rings is 1. The number of nitrogens with zero attached hydrogens (tertiary/aromatic N) is 6. The minimum atomic E-state index is 0.260. The van der Waals surface area contributed by atoms with Gasteiger partial charge in [-0.05, 0) is 41.3 Å². The summed E-state index contributed by atoms with van der Waals surface area (Å²) in [6.07, 6.45) is 4.97. The number of para-hydroxylation sites is 2. The Hall–Kier alpha value is -2.15. The molecular weight excluding hydrogens is 352 g/mol. The SMILES string of the molecule is COc1ccccc1N1CCN(C(c2nnnn2C2CCCC2)C(C)C)CC1. The van der Waals surface area contributed by atoms with Crippen molar-refractivity contribution in [3.63, 3.8) is 0 Å². The van der Waals surface area contributed by atoms with Gasteiger partial charge >= 0.3 is 0 Å². The maximum absolute atomic E-state index is 5.56. The molecule has 1 aliphatic carbocycles. The number of hydrogen-bond acceptors (Lipinski definition) is 6. The fourth-order valence-electron chi connectivity index (χ4n) is 4.82. The van der Waals surface area contributed by atoms with Crippen LogP contribution in [0.25, 0.3) is 0 Å². The van der Waals surface area contributed by atoms with Gasteiger partial charge in [-0.25, -0.2) is 4.68 Å². The largest absolute Gasteiger partial charge is 0.495 e. The maximum Gasteiger partial charge on any atom is 0.168 e. The van der Waals surface area contributed by atoms with Crippen LogP contribution < -0.4 is 9.64 Å². The fourth-order valence-corrected chi connectivity index (χ4v) is 4.82. The number of tetrazole rings is 1. The molecule has 1 aromatic heterocycles. The van der Waals surface area contributed by atoms with Gasteiger partial charge in [-0.3, -0.25) is 4.90 Å². The van der Waals surface area contributed by atoms with Crippen molar-refractivity contribution in [2.24, 2.45) is 5.92 Å². The number of methoxy groups -OCH3 is 1. The van der Waals surface area contributed by atoms with Crippen LogP contribution in [0.15, 0.2) is 24.3 Å². The second-order valence-corrected chi connectivity index (χ2v) is 8.30. The highest BCUT2D eigenvalue weighted by atomic mass is 16.5. The number of rotatable bonds is 6. The fraction of sp³-hybridized carbons (Fsp3) is 0.667. The van der Waals surface area contributed by atoms with E-state index in [1.165, 1.54) is 31.4 Å². The van der Waals surface area contributed by atoms with E-state index >= 15 is 0 Å². The van der Waals surface area contributed by atoms with Crippen molar-refractivity contribution >= 4 is 5.69 Å². The molecule has 1 aliphatic heterocycles. The summed E-state index contributed by atoms with van der Waals surface area (Å²) in [6, 6.07) is 9.02. The standard InChI is InChI=1S/C21H32N6O/c1-16(2)20(21-22-23-24-27(21)17-8-4-5-9-17)26-14-12-25(13-15-26)18-10-6-7-11-19(18)28-3/h6-7,10-11,16-17,20H,4-5,8-9,12-15H2,1-3H3. The summed E-state index contributed by atoms with van der Waals surface area (Å²) >= 11 is 0. The monoisotopic (exact) mass is 384 g/mol. The molecule has 0 radical (unpaired) electrons. The van der Waals surface area contributed by atoms with E-state index in [4.69, 9.17) is 4.74 Å². The highest BCUT2D eigenvalue weighted by Crippen LogP contribution is 2.35. The van der Waals surface area contributed by atoms with E-state index in [1.807, 2.05) is 12.1 Å². The number of ether oxygens (including phenoxy) is 1. The van der Waals surface area contributed by atoms with Crippen LogP contribution in [-0.4, -0.2) is 58.4 Å². The zero-order valence-electron chi connectivity index (χ0n) is 17.3. The van der Waals surface area contributed by atoms with Crippen molar-refractivity contribution in [1.29, 1.82) is 0 Å². The van der Waals surface area contributed by atoms with Crippen LogP contribution in [-0.2, 0) is 0 Å². The molecule has 4 rings (SSSR count). The summed E-state index contributed by atoms with van der Waals surface area (Å²) in [5.41, 5.74) is 1.18. The quantitative estimate of drug-likeness (QED) is 0.761. The topological polar surface area (TPSA) is 59.3 Å². The van der Waals surface area contributed by atoms with Crippen molar-refractivity contribution in [1.82, 2.24) is 25.1 Å². The lowest BCUT2D eigenvalue weighted by molar-refractivity contribution is 0.132. The first-order chi connectivity index (χ1) is 13.7. The maximum atomic E-state index is 5.56. The van der Waals surface area contributed by atoms with Crippen LogP contribution in [0.2, 0.25) is 0 Å². The van der Waals surface area contributed by atoms with E-state index < -0.39 is 0 Å². The summed E-state index contributed by atoms with van der Waals surface area (Å²) in [5, 5.41) is 12.9. The Bertz CT molecular complexity index is 762. The van der Waals surface area contributed by atoms with Crippen LogP contribution in [0, 0.1) is 5.92 Å². The first-order valence-corrected chi connectivity index (χ1v) is 10.6. The first kappa shape index (κ1) is 19.2. The van der Waals surface area contributed by atoms with E-state index in [1.54, 1.807) is 7.11 Å². The normalized spacial score (nSPS) is 20.1. The molecule has 2 aliphatic rings. The second kappa shape index (κ2) is 8.47. The summed E-state index contributed by atoms with van der Waals surface area (Å²) in [4.78, 5) is 4.99. The van der Waals surface area contributed by atoms with Crippen LogP contribution >= 0.6 is 0 Å². The van der Waals surface area contributed by atoms with E-state index in [9.17, 15) is 0 Å². The van der Waals surface area contributed by atoms with Gasteiger partial charge in [-0.15, -0.1) is 5.10 Å². The Kier molecular flexibility index (Phi) is 5.80. The predicted octanol–water partition coefficient (Wildman–Crippen LogP) is 3.32. The molecule has 1 saturated heterocycles. The van der Waals surface area contributed by atoms with Gasteiger partial charge in [-0.1, -0.05) is 38.8 Å². The Morgan fingerprint density at radius 2 is 1.75 bits per heavy atom. The highest BCUT2D eigenvalue weighted by molar-refractivity contribution is 5.58. The zero-order valence-corrected chi connectivity index (χ0v) is 17.3. The molecule has 0 spiro atoms. The van der Waals surface area contributed by atoms with Crippen molar-refractivity contribution in [2.45, 2.75) is 51.6 Å². The smallest absolute Gasteiger partial charge is 0.168 e. The van der Waals surface area contributed by atoms with Gasteiger partial charge in [0, 0.05) is 26.2 Å². The van der Waals surface area contributed by atoms with E-state index in [-0.39, 0.29) is 6.04 Å². The average molecular weight is 385 g/mol. The van der Waals surface area contributed by atoms with Gasteiger partial charge in [0.05, 0.1) is 24.9 Å². The second-order valence-electron chi connectivity index (χ2n) is 8.30. The lowest BCUT2D eigenvalue weighted by Gasteiger charge is -2.41. The Balaban J connectivity index is 1.50. The summed E-state index contributed by atoms with van der Waals surface area (Å²) in [6.45, 7) is 8.52. The van der Waals surface area contributed by atoms with E-state index in [0.29, 0.717) is 12.0 Å². The van der Waals surface area contributed by atoms with Gasteiger partial charge in [-0.2, -0.15) is 0 Å². The third-order valence-electron chi connectivity index (χ3n) is 6.22. The van der Waals surface area contributed by atoms with Crippen molar-refractivity contribution < 1.29 is 4.74 Å². The highest BCUT2D eigenvalue weighted by Gasteiger charge is 2.34. The van der Waals surface area contributed by atoms with Gasteiger partial charge in [0.2, 0.25) is 0 Å². The van der Waals surface area contributed by atoms with Crippen LogP contribution in [0.3, 0.4) is 0 Å². The first-order valence-electron chi connectivity index (χ1n) is 10.6. The van der Waals surface area contributed by atoms with Gasteiger partial charge < -0.3 is 9.64 Å².